The summed E-state index contributed by atoms with van der Waals surface area (Å²) in [4.78, 5) is 8.23. The Morgan fingerprint density at radius 2 is 2.07 bits per heavy atom. The summed E-state index contributed by atoms with van der Waals surface area (Å²) in [5, 5.41) is 12.4. The molecule has 1 aromatic rings. The van der Waals surface area contributed by atoms with E-state index in [1.807, 2.05) is 13.8 Å². The summed E-state index contributed by atoms with van der Waals surface area (Å²) in [5.74, 6) is 0.457. The van der Waals surface area contributed by atoms with Crippen molar-refractivity contribution < 1.29 is 5.11 Å². The highest BCUT2D eigenvalue weighted by molar-refractivity contribution is 6.30. The van der Waals surface area contributed by atoms with Gasteiger partial charge in [-0.1, -0.05) is 11.6 Å². The largest absolute Gasteiger partial charge is 0.392 e. The molecule has 0 saturated carbocycles. The fraction of sp³-hybridized carbons (Fsp3) is 0.556. The van der Waals surface area contributed by atoms with Crippen molar-refractivity contribution in [1.29, 1.82) is 0 Å². The molecule has 14 heavy (non-hydrogen) atoms. The van der Waals surface area contributed by atoms with Gasteiger partial charge in [0.15, 0.2) is 0 Å². The first-order valence-corrected chi connectivity index (χ1v) is 4.81. The molecule has 2 N–H and O–H groups in total. The predicted molar refractivity (Wildman–Crippen MR) is 56.7 cm³/mol. The third-order valence-corrected chi connectivity index (χ3v) is 2.25. The van der Waals surface area contributed by atoms with Crippen molar-refractivity contribution in [3.8, 4) is 0 Å². The SMILES string of the molecule is Cc1nc(NCC(C)O)nc(Cl)c1C. The van der Waals surface area contributed by atoms with Crippen molar-refractivity contribution in [3.63, 3.8) is 0 Å². The molecule has 1 aromatic heterocycles. The molecular formula is C9H14ClN3O. The Hall–Kier alpha value is -0.870. The smallest absolute Gasteiger partial charge is 0.224 e. The number of rotatable bonds is 3. The van der Waals surface area contributed by atoms with Crippen LogP contribution in [0.15, 0.2) is 0 Å². The van der Waals surface area contributed by atoms with Crippen LogP contribution in [0, 0.1) is 13.8 Å². The van der Waals surface area contributed by atoms with Gasteiger partial charge in [-0.3, -0.25) is 0 Å². The Bertz CT molecular complexity index is 305. The fourth-order valence-corrected chi connectivity index (χ4v) is 1.13. The Balaban J connectivity index is 2.79. The zero-order chi connectivity index (χ0) is 10.7. The van der Waals surface area contributed by atoms with Gasteiger partial charge >= 0.3 is 0 Å². The van der Waals surface area contributed by atoms with Crippen LogP contribution >= 0.6 is 11.6 Å². The van der Waals surface area contributed by atoms with Crippen LogP contribution in [-0.2, 0) is 0 Å². The zero-order valence-electron chi connectivity index (χ0n) is 8.50. The van der Waals surface area contributed by atoms with E-state index in [1.54, 1.807) is 6.92 Å². The number of anilines is 1. The molecule has 1 unspecified atom stereocenters. The van der Waals surface area contributed by atoms with E-state index in [9.17, 15) is 0 Å². The van der Waals surface area contributed by atoms with E-state index in [1.165, 1.54) is 0 Å². The molecule has 0 aliphatic heterocycles. The first-order valence-electron chi connectivity index (χ1n) is 4.43. The Morgan fingerprint density at radius 1 is 1.43 bits per heavy atom. The highest BCUT2D eigenvalue weighted by atomic mass is 35.5. The molecule has 1 atom stereocenters. The van der Waals surface area contributed by atoms with E-state index in [0.717, 1.165) is 11.3 Å². The minimum absolute atomic E-state index is 0.416. The second kappa shape index (κ2) is 4.57. The molecule has 0 aromatic carbocycles. The third-order valence-electron chi connectivity index (χ3n) is 1.89. The molecule has 0 fully saturated rings. The molecule has 1 heterocycles. The number of hydrogen-bond acceptors (Lipinski definition) is 4. The van der Waals surface area contributed by atoms with Crippen LogP contribution in [0.2, 0.25) is 5.15 Å². The molecule has 0 aliphatic carbocycles. The van der Waals surface area contributed by atoms with Crippen LogP contribution in [0.4, 0.5) is 5.95 Å². The van der Waals surface area contributed by atoms with Gasteiger partial charge in [-0.05, 0) is 20.8 Å². The average Bonchev–Trinajstić information content (AvgIpc) is 2.10. The minimum Gasteiger partial charge on any atom is -0.392 e. The van der Waals surface area contributed by atoms with Crippen LogP contribution in [0.5, 0.6) is 0 Å². The molecule has 0 radical (unpaired) electrons. The first kappa shape index (κ1) is 11.2. The van der Waals surface area contributed by atoms with E-state index in [0.29, 0.717) is 17.6 Å². The van der Waals surface area contributed by atoms with Gasteiger partial charge < -0.3 is 10.4 Å². The van der Waals surface area contributed by atoms with Gasteiger partial charge in [-0.25, -0.2) is 9.97 Å². The quantitative estimate of drug-likeness (QED) is 0.751. The number of aromatic nitrogens is 2. The standard InChI is InChI=1S/C9H14ClN3O/c1-5(14)4-11-9-12-7(3)6(2)8(10)13-9/h5,14H,4H2,1-3H3,(H,11,12,13). The number of aryl methyl sites for hydroxylation is 1. The van der Waals surface area contributed by atoms with E-state index in [-0.39, 0.29) is 0 Å². The number of halogens is 1. The highest BCUT2D eigenvalue weighted by Crippen LogP contribution is 2.16. The summed E-state index contributed by atoms with van der Waals surface area (Å²) in [6.45, 7) is 5.85. The molecule has 0 saturated heterocycles. The lowest BCUT2D eigenvalue weighted by Gasteiger charge is -2.09. The minimum atomic E-state index is -0.431. The van der Waals surface area contributed by atoms with Gasteiger partial charge in [0, 0.05) is 17.8 Å². The molecule has 1 rings (SSSR count). The van der Waals surface area contributed by atoms with Crippen LogP contribution in [0.1, 0.15) is 18.2 Å². The summed E-state index contributed by atoms with van der Waals surface area (Å²) >= 11 is 5.88. The number of nitrogens with one attached hydrogen (secondary N) is 1. The van der Waals surface area contributed by atoms with Gasteiger partial charge in [-0.2, -0.15) is 0 Å². The number of aliphatic hydroxyl groups is 1. The normalized spacial score (nSPS) is 12.6. The Kier molecular flexibility index (Phi) is 3.66. The van der Waals surface area contributed by atoms with E-state index >= 15 is 0 Å². The van der Waals surface area contributed by atoms with Crippen molar-refractivity contribution in [3.05, 3.63) is 16.4 Å². The molecule has 0 bridgehead atoms. The number of aliphatic hydroxyl groups excluding tert-OH is 1. The molecular weight excluding hydrogens is 202 g/mol. The van der Waals surface area contributed by atoms with Crippen LogP contribution in [0.3, 0.4) is 0 Å². The van der Waals surface area contributed by atoms with E-state index in [2.05, 4.69) is 15.3 Å². The lowest BCUT2D eigenvalue weighted by molar-refractivity contribution is 0.208. The topological polar surface area (TPSA) is 58.0 Å². The molecule has 78 valence electrons. The predicted octanol–water partition coefficient (Wildman–Crippen LogP) is 1.54. The van der Waals surface area contributed by atoms with E-state index in [4.69, 9.17) is 16.7 Å². The van der Waals surface area contributed by atoms with Crippen molar-refractivity contribution in [2.75, 3.05) is 11.9 Å². The van der Waals surface area contributed by atoms with Crippen molar-refractivity contribution >= 4 is 17.5 Å². The van der Waals surface area contributed by atoms with Gasteiger partial charge in [-0.15, -0.1) is 0 Å². The van der Waals surface area contributed by atoms with Crippen molar-refractivity contribution in [1.82, 2.24) is 9.97 Å². The number of nitrogens with zero attached hydrogens (tertiary/aromatic N) is 2. The summed E-state index contributed by atoms with van der Waals surface area (Å²) in [7, 11) is 0. The van der Waals surface area contributed by atoms with Crippen molar-refractivity contribution in [2.45, 2.75) is 26.9 Å². The Labute approximate surface area is 88.3 Å². The summed E-state index contributed by atoms with van der Waals surface area (Å²) < 4.78 is 0. The van der Waals surface area contributed by atoms with Crippen LogP contribution < -0.4 is 5.32 Å². The second-order valence-corrected chi connectivity index (χ2v) is 3.64. The summed E-state index contributed by atoms with van der Waals surface area (Å²) in [6, 6.07) is 0. The van der Waals surface area contributed by atoms with Gasteiger partial charge in [0.25, 0.3) is 0 Å². The van der Waals surface area contributed by atoms with Crippen LogP contribution in [0.25, 0.3) is 0 Å². The van der Waals surface area contributed by atoms with Crippen molar-refractivity contribution in [2.24, 2.45) is 0 Å². The maximum atomic E-state index is 9.06. The zero-order valence-corrected chi connectivity index (χ0v) is 9.26. The average molecular weight is 216 g/mol. The lowest BCUT2D eigenvalue weighted by Crippen LogP contribution is -2.17. The van der Waals surface area contributed by atoms with Gasteiger partial charge in [0.1, 0.15) is 5.15 Å². The molecule has 4 nitrogen and oxygen atoms in total. The lowest BCUT2D eigenvalue weighted by atomic mass is 10.3. The molecule has 5 heteroatoms. The molecule has 0 spiro atoms. The maximum absolute atomic E-state index is 9.06. The third kappa shape index (κ3) is 2.82. The maximum Gasteiger partial charge on any atom is 0.224 e. The van der Waals surface area contributed by atoms with E-state index < -0.39 is 6.10 Å². The number of hydrogen-bond donors (Lipinski definition) is 2. The second-order valence-electron chi connectivity index (χ2n) is 3.28. The first-order chi connectivity index (χ1) is 6.50. The monoisotopic (exact) mass is 215 g/mol. The summed E-state index contributed by atoms with van der Waals surface area (Å²) in [6.07, 6.45) is -0.431. The molecule has 0 amide bonds. The van der Waals surface area contributed by atoms with Gasteiger partial charge in [0.2, 0.25) is 5.95 Å². The fourth-order valence-electron chi connectivity index (χ4n) is 0.912. The summed E-state index contributed by atoms with van der Waals surface area (Å²) in [5.41, 5.74) is 1.73. The van der Waals surface area contributed by atoms with Crippen LogP contribution in [-0.4, -0.2) is 27.7 Å². The molecule has 0 aliphatic rings. The highest BCUT2D eigenvalue weighted by Gasteiger charge is 2.05. The van der Waals surface area contributed by atoms with Gasteiger partial charge in [0.05, 0.1) is 6.10 Å². The Morgan fingerprint density at radius 3 is 2.57 bits per heavy atom.